The molecule has 9 heteroatoms. The van der Waals surface area contributed by atoms with Gasteiger partial charge in [-0.1, -0.05) is 23.2 Å². The van der Waals surface area contributed by atoms with Crippen molar-refractivity contribution in [2.45, 2.75) is 0 Å². The van der Waals surface area contributed by atoms with Crippen LogP contribution in [0.3, 0.4) is 0 Å². The van der Waals surface area contributed by atoms with Crippen LogP contribution in [0.4, 0.5) is 5.13 Å². The van der Waals surface area contributed by atoms with Crippen molar-refractivity contribution >= 4 is 45.9 Å². The Balaban J connectivity index is 1.76. The molecule has 3 aromatic rings. The number of ether oxygens (including phenoxy) is 3. The second kappa shape index (κ2) is 9.14. The molecule has 0 spiro atoms. The van der Waals surface area contributed by atoms with E-state index >= 15 is 0 Å². The summed E-state index contributed by atoms with van der Waals surface area (Å²) in [6.07, 6.45) is 1.64. The van der Waals surface area contributed by atoms with Gasteiger partial charge in [-0.3, -0.25) is 5.43 Å². The van der Waals surface area contributed by atoms with Gasteiger partial charge in [-0.15, -0.1) is 11.3 Å². The van der Waals surface area contributed by atoms with E-state index in [9.17, 15) is 0 Å². The number of methoxy groups -OCH3 is 3. The summed E-state index contributed by atoms with van der Waals surface area (Å²) in [6.45, 7) is 0. The Morgan fingerprint density at radius 2 is 1.75 bits per heavy atom. The average molecular weight is 438 g/mol. The number of thiazole rings is 1. The number of rotatable bonds is 7. The van der Waals surface area contributed by atoms with Crippen molar-refractivity contribution in [1.29, 1.82) is 0 Å². The minimum Gasteiger partial charge on any atom is -0.493 e. The number of hydrogen-bond acceptors (Lipinski definition) is 7. The number of nitrogens with zero attached hydrogens (tertiary/aromatic N) is 2. The minimum atomic E-state index is 0.527. The Kier molecular flexibility index (Phi) is 6.61. The number of aromatic nitrogens is 1. The molecule has 0 fully saturated rings. The molecule has 0 saturated heterocycles. The van der Waals surface area contributed by atoms with E-state index in [0.29, 0.717) is 32.4 Å². The van der Waals surface area contributed by atoms with E-state index in [1.165, 1.54) is 11.3 Å². The number of hydrazone groups is 1. The molecule has 0 aliphatic carbocycles. The monoisotopic (exact) mass is 437 g/mol. The van der Waals surface area contributed by atoms with E-state index < -0.39 is 0 Å². The van der Waals surface area contributed by atoms with Crippen LogP contribution < -0.4 is 19.6 Å². The van der Waals surface area contributed by atoms with Gasteiger partial charge < -0.3 is 14.2 Å². The Labute approximate surface area is 176 Å². The summed E-state index contributed by atoms with van der Waals surface area (Å²) in [5.74, 6) is 1.63. The van der Waals surface area contributed by atoms with Crippen LogP contribution in [-0.2, 0) is 0 Å². The number of anilines is 1. The van der Waals surface area contributed by atoms with Crippen LogP contribution in [-0.4, -0.2) is 32.5 Å². The van der Waals surface area contributed by atoms with Crippen LogP contribution in [0.5, 0.6) is 17.2 Å². The molecule has 0 aliphatic rings. The number of nitrogens with one attached hydrogen (secondary N) is 1. The molecule has 0 aliphatic heterocycles. The van der Waals surface area contributed by atoms with Crippen LogP contribution in [0, 0.1) is 0 Å². The van der Waals surface area contributed by atoms with Crippen molar-refractivity contribution in [3.8, 4) is 28.5 Å². The number of hydrogen-bond donors (Lipinski definition) is 1. The standard InChI is InChI=1S/C19H17Cl2N3O3S/c1-25-16-6-11(7-17(26-2)18(16)27-3)9-22-24-19-23-15(10-28-19)13-5-4-12(20)8-14(13)21/h4-10H,1-3H3,(H,23,24)/b22-9-. The highest BCUT2D eigenvalue weighted by Crippen LogP contribution is 2.38. The zero-order valence-electron chi connectivity index (χ0n) is 15.3. The molecule has 146 valence electrons. The topological polar surface area (TPSA) is 65.0 Å². The molecule has 2 aromatic carbocycles. The van der Waals surface area contributed by atoms with E-state index in [1.54, 1.807) is 51.8 Å². The van der Waals surface area contributed by atoms with Crippen LogP contribution in [0.15, 0.2) is 40.8 Å². The summed E-state index contributed by atoms with van der Waals surface area (Å²) in [5, 5.41) is 7.88. The highest BCUT2D eigenvalue weighted by Gasteiger charge is 2.12. The molecular weight excluding hydrogens is 421 g/mol. The summed E-state index contributed by atoms with van der Waals surface area (Å²) in [6, 6.07) is 8.90. The third-order valence-electron chi connectivity index (χ3n) is 3.77. The lowest BCUT2D eigenvalue weighted by Gasteiger charge is -2.12. The fourth-order valence-electron chi connectivity index (χ4n) is 2.48. The largest absolute Gasteiger partial charge is 0.493 e. The van der Waals surface area contributed by atoms with Crippen molar-refractivity contribution in [2.75, 3.05) is 26.8 Å². The quantitative estimate of drug-likeness (QED) is 0.385. The fraction of sp³-hybridized carbons (Fsp3) is 0.158. The SMILES string of the molecule is COc1cc(/C=N\Nc2nc(-c3ccc(Cl)cc3Cl)cs2)cc(OC)c1OC. The lowest BCUT2D eigenvalue weighted by Crippen LogP contribution is -1.97. The van der Waals surface area contributed by atoms with E-state index in [4.69, 9.17) is 37.4 Å². The minimum absolute atomic E-state index is 0.527. The molecule has 28 heavy (non-hydrogen) atoms. The van der Waals surface area contributed by atoms with Gasteiger partial charge in [0.1, 0.15) is 0 Å². The zero-order valence-corrected chi connectivity index (χ0v) is 17.7. The van der Waals surface area contributed by atoms with Crippen LogP contribution in [0.1, 0.15) is 5.56 Å². The molecule has 1 heterocycles. The summed E-state index contributed by atoms with van der Waals surface area (Å²) < 4.78 is 16.0. The Hall–Kier alpha value is -2.48. The second-order valence-corrected chi connectivity index (χ2v) is 7.19. The van der Waals surface area contributed by atoms with Crippen molar-refractivity contribution in [1.82, 2.24) is 4.98 Å². The predicted molar refractivity (Wildman–Crippen MR) is 115 cm³/mol. The van der Waals surface area contributed by atoms with Gasteiger partial charge in [0.05, 0.1) is 38.3 Å². The maximum atomic E-state index is 6.24. The fourth-order valence-corrected chi connectivity index (χ4v) is 3.65. The van der Waals surface area contributed by atoms with Gasteiger partial charge in [0, 0.05) is 21.5 Å². The number of halogens is 2. The first-order valence-corrected chi connectivity index (χ1v) is 9.69. The molecule has 0 amide bonds. The van der Waals surface area contributed by atoms with Gasteiger partial charge in [-0.2, -0.15) is 5.10 Å². The summed E-state index contributed by atoms with van der Waals surface area (Å²) >= 11 is 13.6. The molecule has 3 rings (SSSR count). The molecule has 0 bridgehead atoms. The van der Waals surface area contributed by atoms with Crippen molar-refractivity contribution < 1.29 is 14.2 Å². The van der Waals surface area contributed by atoms with E-state index in [0.717, 1.165) is 16.8 Å². The maximum absolute atomic E-state index is 6.24. The van der Waals surface area contributed by atoms with Gasteiger partial charge in [0.15, 0.2) is 11.5 Å². The van der Waals surface area contributed by atoms with E-state index in [1.807, 2.05) is 11.4 Å². The predicted octanol–water partition coefficient (Wildman–Crippen LogP) is 5.59. The van der Waals surface area contributed by atoms with E-state index in [2.05, 4.69) is 15.5 Å². The van der Waals surface area contributed by atoms with Gasteiger partial charge in [0.2, 0.25) is 10.9 Å². The second-order valence-electron chi connectivity index (χ2n) is 5.49. The normalized spacial score (nSPS) is 10.9. The Morgan fingerprint density at radius 1 is 1.04 bits per heavy atom. The van der Waals surface area contributed by atoms with Gasteiger partial charge in [0.25, 0.3) is 0 Å². The highest BCUT2D eigenvalue weighted by molar-refractivity contribution is 7.14. The molecular formula is C19H17Cl2N3O3S. The van der Waals surface area contributed by atoms with Crippen LogP contribution in [0.25, 0.3) is 11.3 Å². The van der Waals surface area contributed by atoms with E-state index in [-0.39, 0.29) is 0 Å². The smallest absolute Gasteiger partial charge is 0.203 e. The molecule has 0 radical (unpaired) electrons. The van der Waals surface area contributed by atoms with Gasteiger partial charge >= 0.3 is 0 Å². The summed E-state index contributed by atoms with van der Waals surface area (Å²) in [7, 11) is 4.69. The molecule has 1 aromatic heterocycles. The van der Waals surface area contributed by atoms with Crippen LogP contribution >= 0.6 is 34.5 Å². The third-order valence-corrected chi connectivity index (χ3v) is 5.07. The van der Waals surface area contributed by atoms with Crippen LogP contribution in [0.2, 0.25) is 10.0 Å². The van der Waals surface area contributed by atoms with Gasteiger partial charge in [-0.25, -0.2) is 4.98 Å². The Bertz CT molecular complexity index is 983. The molecule has 0 atom stereocenters. The Morgan fingerprint density at radius 3 is 2.36 bits per heavy atom. The average Bonchev–Trinajstić information content (AvgIpc) is 3.15. The molecule has 1 N–H and O–H groups in total. The highest BCUT2D eigenvalue weighted by atomic mass is 35.5. The molecule has 0 saturated carbocycles. The lowest BCUT2D eigenvalue weighted by molar-refractivity contribution is 0.324. The van der Waals surface area contributed by atoms with Crippen molar-refractivity contribution in [3.63, 3.8) is 0 Å². The first-order valence-electron chi connectivity index (χ1n) is 8.05. The lowest BCUT2D eigenvalue weighted by atomic mass is 10.2. The zero-order chi connectivity index (χ0) is 20.1. The number of benzene rings is 2. The first-order chi connectivity index (χ1) is 13.5. The summed E-state index contributed by atoms with van der Waals surface area (Å²) in [4.78, 5) is 4.49. The maximum Gasteiger partial charge on any atom is 0.203 e. The van der Waals surface area contributed by atoms with Gasteiger partial charge in [-0.05, 0) is 30.3 Å². The molecule has 6 nitrogen and oxygen atoms in total. The summed E-state index contributed by atoms with van der Waals surface area (Å²) in [5.41, 5.74) is 5.25. The van der Waals surface area contributed by atoms with Crippen molar-refractivity contribution in [3.05, 3.63) is 51.3 Å². The molecule has 0 unspecified atom stereocenters. The first kappa shape index (κ1) is 20.3. The third kappa shape index (κ3) is 4.49. The van der Waals surface area contributed by atoms with Crippen molar-refractivity contribution in [2.24, 2.45) is 5.10 Å².